The van der Waals surface area contributed by atoms with Gasteiger partial charge in [0, 0.05) is 67.1 Å². The predicted molar refractivity (Wildman–Crippen MR) is 163 cm³/mol. The molecular formula is C31H36ClF3N6O3. The lowest BCUT2D eigenvalue weighted by Crippen LogP contribution is -2.36. The number of nitrogens with zero attached hydrogens (tertiary/aromatic N) is 4. The Morgan fingerprint density at radius 1 is 0.932 bits per heavy atom. The van der Waals surface area contributed by atoms with Gasteiger partial charge in [-0.3, -0.25) is 15.0 Å². The molecule has 0 saturated carbocycles. The Bertz CT molecular complexity index is 1600. The second-order valence-corrected chi connectivity index (χ2v) is 12.0. The number of amides is 1. The van der Waals surface area contributed by atoms with Gasteiger partial charge in [0.05, 0.1) is 23.4 Å². The summed E-state index contributed by atoms with van der Waals surface area (Å²) in [5, 5.41) is 16.4. The fourth-order valence-electron chi connectivity index (χ4n) is 6.22. The van der Waals surface area contributed by atoms with E-state index in [4.69, 9.17) is 11.6 Å². The van der Waals surface area contributed by atoms with Gasteiger partial charge in [-0.05, 0) is 74.6 Å². The summed E-state index contributed by atoms with van der Waals surface area (Å²) in [4.78, 5) is 26.6. The van der Waals surface area contributed by atoms with Crippen molar-refractivity contribution in [3.05, 3.63) is 47.2 Å². The van der Waals surface area contributed by atoms with E-state index in [0.29, 0.717) is 49.6 Å². The van der Waals surface area contributed by atoms with Crippen molar-refractivity contribution in [1.29, 1.82) is 0 Å². The largest absolute Gasteiger partial charge is 0.573 e. The number of halogens is 4. The van der Waals surface area contributed by atoms with E-state index in [9.17, 15) is 22.8 Å². The van der Waals surface area contributed by atoms with E-state index in [1.54, 1.807) is 18.0 Å². The highest BCUT2D eigenvalue weighted by molar-refractivity contribution is 6.31. The van der Waals surface area contributed by atoms with Gasteiger partial charge in [-0.15, -0.1) is 13.2 Å². The van der Waals surface area contributed by atoms with Crippen LogP contribution in [0.25, 0.3) is 21.8 Å². The van der Waals surface area contributed by atoms with Gasteiger partial charge in [0.1, 0.15) is 11.5 Å². The number of ketones is 1. The van der Waals surface area contributed by atoms with Crippen LogP contribution in [0.1, 0.15) is 63.9 Å². The second kappa shape index (κ2) is 13.5. The summed E-state index contributed by atoms with van der Waals surface area (Å²) >= 11 is 6.20. The average molecular weight is 633 g/mol. The van der Waals surface area contributed by atoms with Gasteiger partial charge in [0.15, 0.2) is 0 Å². The number of Topliss-reactive ketones (excluding diaryl/α,β-unsaturated/α-hetero) is 1. The number of benzene rings is 2. The topological polar surface area (TPSA) is 107 Å². The summed E-state index contributed by atoms with van der Waals surface area (Å²) in [6, 6.07) is 6.66. The Labute approximate surface area is 258 Å². The Morgan fingerprint density at radius 3 is 2.18 bits per heavy atom. The molecule has 2 saturated heterocycles. The molecule has 2 aliphatic heterocycles. The van der Waals surface area contributed by atoms with Crippen LogP contribution in [-0.2, 0) is 9.59 Å². The number of anilines is 1. The Hall–Kier alpha value is -3.80. The molecule has 2 N–H and O–H groups in total. The van der Waals surface area contributed by atoms with E-state index < -0.39 is 6.36 Å². The SMILES string of the molecule is CC(=O)CCC1CCN(c2cc(Cl)cc3[nH]ncc23)CC1.CC(=O)N1CCC(c2cc(OC(F)(F)F)cc3[nH]ncc23)CC1. The van der Waals surface area contributed by atoms with Gasteiger partial charge in [0.25, 0.3) is 0 Å². The summed E-state index contributed by atoms with van der Waals surface area (Å²) in [5.41, 5.74) is 3.43. The first-order valence-electron chi connectivity index (χ1n) is 14.8. The highest BCUT2D eigenvalue weighted by atomic mass is 35.5. The fourth-order valence-corrected chi connectivity index (χ4v) is 6.43. The molecule has 4 aromatic rings. The highest BCUT2D eigenvalue weighted by Crippen LogP contribution is 2.37. The smallest absolute Gasteiger partial charge is 0.406 e. The maximum atomic E-state index is 12.5. The third kappa shape index (κ3) is 7.82. The molecule has 0 spiro atoms. The van der Waals surface area contributed by atoms with E-state index in [2.05, 4.69) is 30.0 Å². The zero-order valence-electron chi connectivity index (χ0n) is 24.7. The van der Waals surface area contributed by atoms with Gasteiger partial charge >= 0.3 is 6.36 Å². The Balaban J connectivity index is 0.000000175. The van der Waals surface area contributed by atoms with Crippen molar-refractivity contribution in [3.8, 4) is 5.75 Å². The third-order valence-corrected chi connectivity index (χ3v) is 8.76. The molecule has 0 aliphatic carbocycles. The van der Waals surface area contributed by atoms with Gasteiger partial charge in [-0.2, -0.15) is 10.2 Å². The molecule has 9 nitrogen and oxygen atoms in total. The number of aromatic nitrogens is 4. The maximum Gasteiger partial charge on any atom is 0.573 e. The van der Waals surface area contributed by atoms with Crippen molar-refractivity contribution in [2.45, 2.75) is 64.7 Å². The number of fused-ring (bicyclic) bond motifs is 2. The lowest BCUT2D eigenvalue weighted by atomic mass is 9.87. The number of carbonyl (C=O) groups excluding carboxylic acids is 2. The molecule has 2 aliphatic rings. The number of alkyl halides is 3. The number of H-pyrrole nitrogens is 2. The molecule has 13 heteroatoms. The van der Waals surface area contributed by atoms with Crippen LogP contribution in [0.3, 0.4) is 0 Å². The van der Waals surface area contributed by atoms with Crippen molar-refractivity contribution in [2.75, 3.05) is 31.1 Å². The molecule has 44 heavy (non-hydrogen) atoms. The average Bonchev–Trinajstić information content (AvgIpc) is 3.65. The lowest BCUT2D eigenvalue weighted by Gasteiger charge is -2.34. The quantitative estimate of drug-likeness (QED) is 0.237. The zero-order valence-corrected chi connectivity index (χ0v) is 25.5. The summed E-state index contributed by atoms with van der Waals surface area (Å²) < 4.78 is 41.5. The summed E-state index contributed by atoms with van der Waals surface area (Å²) in [5.74, 6) is 0.809. The first kappa shape index (κ1) is 31.6. The first-order valence-corrected chi connectivity index (χ1v) is 15.2. The predicted octanol–water partition coefficient (Wildman–Crippen LogP) is 6.99. The molecule has 4 heterocycles. The van der Waals surface area contributed by atoms with Crippen LogP contribution in [0.4, 0.5) is 18.9 Å². The van der Waals surface area contributed by atoms with Gasteiger partial charge in [0.2, 0.25) is 5.91 Å². The summed E-state index contributed by atoms with van der Waals surface area (Å²) in [6.07, 6.45) is 4.17. The van der Waals surface area contributed by atoms with E-state index in [1.165, 1.54) is 19.1 Å². The van der Waals surface area contributed by atoms with E-state index in [1.807, 2.05) is 18.3 Å². The molecule has 0 bridgehead atoms. The third-order valence-electron chi connectivity index (χ3n) is 8.54. The number of aromatic amines is 2. The maximum absolute atomic E-state index is 12.5. The minimum Gasteiger partial charge on any atom is -0.406 e. The van der Waals surface area contributed by atoms with E-state index in [0.717, 1.165) is 64.9 Å². The number of likely N-dealkylation sites (tertiary alicyclic amines) is 1. The van der Waals surface area contributed by atoms with Crippen molar-refractivity contribution in [2.24, 2.45) is 5.92 Å². The monoisotopic (exact) mass is 632 g/mol. The van der Waals surface area contributed by atoms with Crippen LogP contribution >= 0.6 is 11.6 Å². The molecule has 236 valence electrons. The molecule has 0 atom stereocenters. The first-order chi connectivity index (χ1) is 21.0. The van der Waals surface area contributed by atoms with E-state index in [-0.39, 0.29) is 17.6 Å². The zero-order chi connectivity index (χ0) is 31.4. The van der Waals surface area contributed by atoms with Crippen LogP contribution in [0, 0.1) is 5.92 Å². The van der Waals surface area contributed by atoms with Crippen molar-refractivity contribution in [1.82, 2.24) is 25.3 Å². The van der Waals surface area contributed by atoms with Crippen LogP contribution < -0.4 is 9.64 Å². The summed E-state index contributed by atoms with van der Waals surface area (Å²) in [7, 11) is 0. The van der Waals surface area contributed by atoms with Crippen LogP contribution in [0.2, 0.25) is 5.02 Å². The minimum absolute atomic E-state index is 0.0195. The van der Waals surface area contributed by atoms with Gasteiger partial charge < -0.3 is 19.3 Å². The Kier molecular flexibility index (Phi) is 9.67. The van der Waals surface area contributed by atoms with Gasteiger partial charge in [-0.25, -0.2) is 0 Å². The second-order valence-electron chi connectivity index (χ2n) is 11.6. The number of piperidine rings is 2. The van der Waals surface area contributed by atoms with Crippen LogP contribution in [-0.4, -0.2) is 69.5 Å². The number of hydrogen-bond donors (Lipinski definition) is 2. The van der Waals surface area contributed by atoms with Crippen LogP contribution in [0.15, 0.2) is 36.7 Å². The van der Waals surface area contributed by atoms with Crippen LogP contribution in [0.5, 0.6) is 5.75 Å². The molecule has 2 aromatic carbocycles. The molecule has 0 unspecified atom stereocenters. The van der Waals surface area contributed by atoms with Crippen molar-refractivity contribution >= 4 is 50.8 Å². The van der Waals surface area contributed by atoms with Crippen molar-refractivity contribution in [3.63, 3.8) is 0 Å². The molecule has 0 radical (unpaired) electrons. The number of nitrogens with one attached hydrogen (secondary N) is 2. The fraction of sp³-hybridized carbons (Fsp3) is 0.484. The number of ether oxygens (including phenoxy) is 1. The standard InChI is InChI=1S/C16H20ClN3O.C15H16F3N3O2/c1-11(21)2-3-12-4-6-20(7-5-12)16-9-13(17)8-15-14(16)10-18-19-15;1-9(22)21-4-2-10(3-5-21)12-6-11(23-15(16,17)18)7-14-13(12)8-19-20-14/h8-10,12H,2-7H2,1H3,(H,18,19);6-8,10H,2-5H2,1H3,(H,19,20). The molecule has 2 fully saturated rings. The molecule has 2 aromatic heterocycles. The summed E-state index contributed by atoms with van der Waals surface area (Å²) in [6.45, 7) is 6.43. The molecule has 1 amide bonds. The Morgan fingerprint density at radius 2 is 1.57 bits per heavy atom. The van der Waals surface area contributed by atoms with E-state index >= 15 is 0 Å². The molecular weight excluding hydrogens is 597 g/mol. The van der Waals surface area contributed by atoms with Crippen molar-refractivity contribution < 1.29 is 27.5 Å². The van der Waals surface area contributed by atoms with Gasteiger partial charge in [-0.1, -0.05) is 11.6 Å². The molecule has 6 rings (SSSR count). The number of carbonyl (C=O) groups is 2. The highest BCUT2D eigenvalue weighted by Gasteiger charge is 2.32. The minimum atomic E-state index is -4.73. The lowest BCUT2D eigenvalue weighted by molar-refractivity contribution is -0.274. The number of rotatable bonds is 6. The number of hydrogen-bond acceptors (Lipinski definition) is 6. The normalized spacial score (nSPS) is 16.7.